The summed E-state index contributed by atoms with van der Waals surface area (Å²) in [6, 6.07) is 3.87. The van der Waals surface area contributed by atoms with Crippen LogP contribution in [0.4, 0.5) is 30.7 Å². The smallest absolute Gasteiger partial charge is 0.342 e. The summed E-state index contributed by atoms with van der Waals surface area (Å²) in [7, 11) is -2.15. The largest absolute Gasteiger partial charge is 0.416 e. The summed E-state index contributed by atoms with van der Waals surface area (Å²) in [4.78, 5) is 29.1. The standard InChI is InChI=1S/C28H31F7N2O4S/c1-16-11-21(29)5-6-22(16)24-15-37(25(38)8-10-42(4,40)41)9-7-23(24)26(39)36(3)17(2)18-12-19(27(30,31)32)14-20(13-18)28(33,34)35/h5-6,11-14,17,23-24H,7-10,15H2,1-4H3/t17-,23-,24+/m0/s1. The third kappa shape index (κ3) is 8.01. The molecule has 0 unspecified atom stereocenters. The van der Waals surface area contributed by atoms with Crippen molar-refractivity contribution in [2.75, 3.05) is 32.1 Å². The second-order valence-electron chi connectivity index (χ2n) is 10.7. The fourth-order valence-electron chi connectivity index (χ4n) is 5.17. The summed E-state index contributed by atoms with van der Waals surface area (Å²) >= 11 is 0. The molecule has 0 radical (unpaired) electrons. The molecule has 3 rings (SSSR count). The molecule has 0 bridgehead atoms. The Labute approximate surface area is 239 Å². The molecule has 42 heavy (non-hydrogen) atoms. The van der Waals surface area contributed by atoms with Crippen molar-refractivity contribution < 1.29 is 48.7 Å². The number of hydrogen-bond donors (Lipinski definition) is 0. The molecular weight excluding hydrogens is 593 g/mol. The van der Waals surface area contributed by atoms with Crippen molar-refractivity contribution in [3.8, 4) is 0 Å². The van der Waals surface area contributed by atoms with Gasteiger partial charge in [0.1, 0.15) is 15.7 Å². The molecule has 1 aliphatic heterocycles. The number of amides is 2. The summed E-state index contributed by atoms with van der Waals surface area (Å²) < 4.78 is 118. The maximum atomic E-state index is 13.9. The monoisotopic (exact) mass is 624 g/mol. The lowest BCUT2D eigenvalue weighted by atomic mass is 9.78. The zero-order chi connectivity index (χ0) is 31.8. The number of aryl methyl sites for hydroxylation is 1. The quantitative estimate of drug-likeness (QED) is 0.368. The van der Waals surface area contributed by atoms with Crippen molar-refractivity contribution in [3.05, 3.63) is 70.0 Å². The zero-order valence-corrected chi connectivity index (χ0v) is 24.1. The third-order valence-electron chi connectivity index (χ3n) is 7.62. The van der Waals surface area contributed by atoms with Crippen LogP contribution in [-0.2, 0) is 31.8 Å². The Kier molecular flexibility index (Phi) is 9.70. The van der Waals surface area contributed by atoms with Gasteiger partial charge in [-0.1, -0.05) is 6.07 Å². The number of rotatable bonds is 7. The van der Waals surface area contributed by atoms with E-state index in [1.54, 1.807) is 6.92 Å². The Morgan fingerprint density at radius 3 is 2.10 bits per heavy atom. The van der Waals surface area contributed by atoms with Crippen LogP contribution in [0.25, 0.3) is 0 Å². The molecular formula is C28H31F7N2O4S. The van der Waals surface area contributed by atoms with E-state index in [1.165, 1.54) is 37.1 Å². The molecule has 2 amide bonds. The summed E-state index contributed by atoms with van der Waals surface area (Å²) in [5.41, 5.74) is -2.35. The predicted molar refractivity (Wildman–Crippen MR) is 141 cm³/mol. The SMILES string of the molecule is Cc1cc(F)ccc1[C@H]1CN(C(=O)CCS(C)(=O)=O)CC[C@@H]1C(=O)N(C)[C@@H](C)c1cc(C(F)(F)F)cc(C(F)(F)F)c1. The molecule has 2 aromatic rings. The van der Waals surface area contributed by atoms with E-state index >= 15 is 0 Å². The zero-order valence-electron chi connectivity index (χ0n) is 23.3. The minimum atomic E-state index is -5.06. The van der Waals surface area contributed by atoms with E-state index in [0.717, 1.165) is 11.2 Å². The lowest BCUT2D eigenvalue weighted by Gasteiger charge is -2.41. The Morgan fingerprint density at radius 2 is 1.60 bits per heavy atom. The molecule has 0 N–H and O–H groups in total. The van der Waals surface area contributed by atoms with Crippen molar-refractivity contribution in [3.63, 3.8) is 0 Å². The second kappa shape index (κ2) is 12.2. The van der Waals surface area contributed by atoms with Gasteiger partial charge in [0, 0.05) is 44.6 Å². The molecule has 0 aromatic heterocycles. The van der Waals surface area contributed by atoms with Crippen molar-refractivity contribution in [2.45, 2.75) is 51.0 Å². The van der Waals surface area contributed by atoms with Crippen LogP contribution >= 0.6 is 0 Å². The van der Waals surface area contributed by atoms with Gasteiger partial charge in [0.05, 0.1) is 22.9 Å². The minimum absolute atomic E-state index is 0.0158. The van der Waals surface area contributed by atoms with Gasteiger partial charge in [0.15, 0.2) is 0 Å². The molecule has 0 aliphatic carbocycles. The number of carbonyl (C=O) groups excluding carboxylic acids is 2. The number of benzene rings is 2. The number of hydrogen-bond acceptors (Lipinski definition) is 4. The normalized spacial score (nSPS) is 19.0. The maximum absolute atomic E-state index is 13.9. The van der Waals surface area contributed by atoms with Gasteiger partial charge >= 0.3 is 12.4 Å². The third-order valence-corrected chi connectivity index (χ3v) is 8.57. The predicted octanol–water partition coefficient (Wildman–Crippen LogP) is 5.76. The maximum Gasteiger partial charge on any atom is 0.416 e. The van der Waals surface area contributed by atoms with Crippen LogP contribution in [0, 0.1) is 18.7 Å². The lowest BCUT2D eigenvalue weighted by Crippen LogP contribution is -2.48. The number of sulfone groups is 1. The number of piperidine rings is 1. The van der Waals surface area contributed by atoms with E-state index in [9.17, 15) is 48.7 Å². The number of alkyl halides is 6. The molecule has 232 valence electrons. The summed E-state index contributed by atoms with van der Waals surface area (Å²) in [5, 5.41) is 0. The van der Waals surface area contributed by atoms with Gasteiger partial charge in [-0.25, -0.2) is 12.8 Å². The van der Waals surface area contributed by atoms with Gasteiger partial charge in [0.25, 0.3) is 0 Å². The van der Waals surface area contributed by atoms with Crippen molar-refractivity contribution in [1.82, 2.24) is 9.80 Å². The van der Waals surface area contributed by atoms with E-state index in [-0.39, 0.29) is 43.3 Å². The number of nitrogens with zero attached hydrogens (tertiary/aromatic N) is 2. The van der Waals surface area contributed by atoms with Crippen LogP contribution < -0.4 is 0 Å². The molecule has 3 atom stereocenters. The number of halogens is 7. The minimum Gasteiger partial charge on any atom is -0.342 e. The van der Waals surface area contributed by atoms with Gasteiger partial charge in [-0.15, -0.1) is 0 Å². The first-order valence-electron chi connectivity index (χ1n) is 13.0. The highest BCUT2D eigenvalue weighted by Gasteiger charge is 2.41. The van der Waals surface area contributed by atoms with E-state index in [2.05, 4.69) is 0 Å². The second-order valence-corrected chi connectivity index (χ2v) is 12.9. The Morgan fingerprint density at radius 1 is 1.02 bits per heavy atom. The fourth-order valence-corrected chi connectivity index (χ4v) is 5.72. The number of likely N-dealkylation sites (tertiary alicyclic amines) is 1. The first-order chi connectivity index (χ1) is 19.2. The van der Waals surface area contributed by atoms with Gasteiger partial charge in [-0.05, 0) is 67.3 Å². The van der Waals surface area contributed by atoms with E-state index < -0.39 is 68.8 Å². The highest BCUT2D eigenvalue weighted by molar-refractivity contribution is 7.90. The van der Waals surface area contributed by atoms with Crippen LogP contribution in [-0.4, -0.2) is 62.2 Å². The Balaban J connectivity index is 1.96. The van der Waals surface area contributed by atoms with Crippen molar-refractivity contribution in [1.29, 1.82) is 0 Å². The molecule has 0 saturated carbocycles. The van der Waals surface area contributed by atoms with Crippen LogP contribution in [0.5, 0.6) is 0 Å². The molecule has 1 saturated heterocycles. The van der Waals surface area contributed by atoms with E-state index in [4.69, 9.17) is 0 Å². The highest BCUT2D eigenvalue weighted by atomic mass is 32.2. The topological polar surface area (TPSA) is 74.8 Å². The summed E-state index contributed by atoms with van der Waals surface area (Å²) in [6.07, 6.45) is -9.31. The number of carbonyl (C=O) groups is 2. The molecule has 1 heterocycles. The summed E-state index contributed by atoms with van der Waals surface area (Å²) in [5.74, 6) is -3.50. The Hall–Kier alpha value is -3.16. The van der Waals surface area contributed by atoms with Crippen molar-refractivity contribution >= 4 is 21.7 Å². The van der Waals surface area contributed by atoms with Gasteiger partial charge in [-0.3, -0.25) is 9.59 Å². The van der Waals surface area contributed by atoms with E-state index in [1.807, 2.05) is 0 Å². The Bertz CT molecular complexity index is 1410. The van der Waals surface area contributed by atoms with Crippen LogP contribution in [0.1, 0.15) is 59.5 Å². The fraction of sp³-hybridized carbons (Fsp3) is 0.500. The van der Waals surface area contributed by atoms with Crippen LogP contribution in [0.15, 0.2) is 36.4 Å². The average molecular weight is 625 g/mol. The lowest BCUT2D eigenvalue weighted by molar-refractivity contribution is -0.143. The first kappa shape index (κ1) is 33.3. The van der Waals surface area contributed by atoms with Crippen LogP contribution in [0.3, 0.4) is 0 Å². The molecule has 14 heteroatoms. The first-order valence-corrected chi connectivity index (χ1v) is 15.0. The highest BCUT2D eigenvalue weighted by Crippen LogP contribution is 2.40. The van der Waals surface area contributed by atoms with Gasteiger partial charge in [-0.2, -0.15) is 26.3 Å². The van der Waals surface area contributed by atoms with Gasteiger partial charge < -0.3 is 9.80 Å². The molecule has 6 nitrogen and oxygen atoms in total. The molecule has 1 aliphatic rings. The van der Waals surface area contributed by atoms with Gasteiger partial charge in [0.2, 0.25) is 11.8 Å². The van der Waals surface area contributed by atoms with Crippen molar-refractivity contribution in [2.24, 2.45) is 5.92 Å². The summed E-state index contributed by atoms with van der Waals surface area (Å²) in [6.45, 7) is 2.97. The molecule has 2 aromatic carbocycles. The molecule has 0 spiro atoms. The van der Waals surface area contributed by atoms with E-state index in [0.29, 0.717) is 23.3 Å². The van der Waals surface area contributed by atoms with Crippen LogP contribution in [0.2, 0.25) is 0 Å². The average Bonchev–Trinajstić information content (AvgIpc) is 2.88. The molecule has 1 fully saturated rings.